The highest BCUT2D eigenvalue weighted by molar-refractivity contribution is 6.18. The number of nitrogens with zero attached hydrogens (tertiary/aromatic N) is 2. The Labute approximate surface area is 98.9 Å². The predicted octanol–water partition coefficient (Wildman–Crippen LogP) is 1.17. The molecule has 86 valence electrons. The molecule has 2 heterocycles. The van der Waals surface area contributed by atoms with Gasteiger partial charge < -0.3 is 5.11 Å². The van der Waals surface area contributed by atoms with Crippen molar-refractivity contribution in [1.29, 1.82) is 0 Å². The van der Waals surface area contributed by atoms with Gasteiger partial charge in [-0.15, -0.1) is 11.6 Å². The van der Waals surface area contributed by atoms with Crippen molar-refractivity contribution in [2.24, 2.45) is 5.92 Å². The lowest BCUT2D eigenvalue weighted by Crippen LogP contribution is -2.25. The van der Waals surface area contributed by atoms with Crippen molar-refractivity contribution in [3.8, 4) is 0 Å². The first-order valence-corrected chi connectivity index (χ1v) is 5.71. The fourth-order valence-corrected chi connectivity index (χ4v) is 2.02. The molecular formula is C11H13ClN2O2. The molecule has 1 N–H and O–H groups in total. The zero-order valence-corrected chi connectivity index (χ0v) is 9.52. The highest BCUT2D eigenvalue weighted by Crippen LogP contribution is 2.24. The van der Waals surface area contributed by atoms with Gasteiger partial charge in [-0.3, -0.25) is 9.69 Å². The first-order chi connectivity index (χ1) is 7.74. The van der Waals surface area contributed by atoms with E-state index in [1.807, 2.05) is 0 Å². The van der Waals surface area contributed by atoms with Crippen LogP contribution in [0.1, 0.15) is 12.1 Å². The molecule has 1 amide bonds. The van der Waals surface area contributed by atoms with Gasteiger partial charge in [0.1, 0.15) is 5.82 Å². The van der Waals surface area contributed by atoms with Gasteiger partial charge in [-0.2, -0.15) is 0 Å². The summed E-state index contributed by atoms with van der Waals surface area (Å²) >= 11 is 5.75. The minimum absolute atomic E-state index is 0.0493. The Morgan fingerprint density at radius 1 is 1.56 bits per heavy atom. The van der Waals surface area contributed by atoms with Gasteiger partial charge in [0.15, 0.2) is 0 Å². The van der Waals surface area contributed by atoms with Crippen molar-refractivity contribution in [1.82, 2.24) is 4.98 Å². The minimum Gasteiger partial charge on any atom is -0.390 e. The first-order valence-electron chi connectivity index (χ1n) is 5.17. The molecule has 1 atom stereocenters. The quantitative estimate of drug-likeness (QED) is 0.807. The molecule has 0 aromatic carbocycles. The number of aliphatic hydroxyl groups excluding tert-OH is 1. The SMILES string of the molecule is O=C1CC(CCl)CN1c1cccc(CO)n1. The molecule has 1 aromatic rings. The molecule has 1 unspecified atom stereocenters. The Morgan fingerprint density at radius 3 is 3.00 bits per heavy atom. The van der Waals surface area contributed by atoms with Crippen LogP contribution >= 0.6 is 11.6 Å². The fraction of sp³-hybridized carbons (Fsp3) is 0.455. The van der Waals surface area contributed by atoms with E-state index in [4.69, 9.17) is 16.7 Å². The van der Waals surface area contributed by atoms with Gasteiger partial charge in [0.25, 0.3) is 0 Å². The van der Waals surface area contributed by atoms with E-state index >= 15 is 0 Å². The van der Waals surface area contributed by atoms with Gasteiger partial charge in [-0.25, -0.2) is 4.98 Å². The number of halogens is 1. The molecular weight excluding hydrogens is 228 g/mol. The molecule has 1 aliphatic rings. The third kappa shape index (κ3) is 2.18. The van der Waals surface area contributed by atoms with E-state index in [-0.39, 0.29) is 18.4 Å². The summed E-state index contributed by atoms with van der Waals surface area (Å²) < 4.78 is 0. The first kappa shape index (κ1) is 11.4. The zero-order chi connectivity index (χ0) is 11.5. The number of carbonyl (C=O) groups excluding carboxylic acids is 1. The molecule has 0 spiro atoms. The number of hydrogen-bond acceptors (Lipinski definition) is 3. The number of alkyl halides is 1. The molecule has 1 fully saturated rings. The lowest BCUT2D eigenvalue weighted by atomic mass is 10.1. The van der Waals surface area contributed by atoms with Crippen molar-refractivity contribution >= 4 is 23.3 Å². The van der Waals surface area contributed by atoms with E-state index < -0.39 is 0 Å². The van der Waals surface area contributed by atoms with Crippen molar-refractivity contribution in [2.45, 2.75) is 13.0 Å². The third-order valence-corrected chi connectivity index (χ3v) is 3.09. The number of aromatic nitrogens is 1. The van der Waals surface area contributed by atoms with Gasteiger partial charge in [0, 0.05) is 18.8 Å². The Bertz CT molecular complexity index is 397. The summed E-state index contributed by atoms with van der Waals surface area (Å²) in [5.41, 5.74) is 0.569. The van der Waals surface area contributed by atoms with Crippen LogP contribution in [-0.2, 0) is 11.4 Å². The normalized spacial score (nSPS) is 20.5. The van der Waals surface area contributed by atoms with Crippen LogP contribution in [0, 0.1) is 5.92 Å². The Balaban J connectivity index is 2.20. The molecule has 0 radical (unpaired) electrons. The number of carbonyl (C=O) groups is 1. The van der Waals surface area contributed by atoms with Gasteiger partial charge in [0.05, 0.1) is 12.3 Å². The monoisotopic (exact) mass is 240 g/mol. The molecule has 0 saturated carbocycles. The second-order valence-electron chi connectivity index (χ2n) is 3.87. The second-order valence-corrected chi connectivity index (χ2v) is 4.18. The maximum Gasteiger partial charge on any atom is 0.228 e. The average molecular weight is 241 g/mol. The zero-order valence-electron chi connectivity index (χ0n) is 8.77. The molecule has 1 aromatic heterocycles. The van der Waals surface area contributed by atoms with Crippen LogP contribution in [0.25, 0.3) is 0 Å². The molecule has 5 heteroatoms. The van der Waals surface area contributed by atoms with Crippen LogP contribution in [0.15, 0.2) is 18.2 Å². The van der Waals surface area contributed by atoms with Crippen LogP contribution in [0.4, 0.5) is 5.82 Å². The summed E-state index contributed by atoms with van der Waals surface area (Å²) in [4.78, 5) is 17.5. The van der Waals surface area contributed by atoms with E-state index in [1.165, 1.54) is 0 Å². The fourth-order valence-electron chi connectivity index (χ4n) is 1.81. The number of pyridine rings is 1. The van der Waals surface area contributed by atoms with Crippen molar-refractivity contribution < 1.29 is 9.90 Å². The van der Waals surface area contributed by atoms with E-state index in [1.54, 1.807) is 23.1 Å². The molecule has 4 nitrogen and oxygen atoms in total. The number of amides is 1. The van der Waals surface area contributed by atoms with Gasteiger partial charge in [-0.05, 0) is 18.1 Å². The highest BCUT2D eigenvalue weighted by atomic mass is 35.5. The third-order valence-electron chi connectivity index (χ3n) is 2.65. The largest absolute Gasteiger partial charge is 0.390 e. The van der Waals surface area contributed by atoms with Crippen LogP contribution in [0.2, 0.25) is 0 Å². The van der Waals surface area contributed by atoms with Crippen LogP contribution < -0.4 is 4.90 Å². The van der Waals surface area contributed by atoms with Crippen LogP contribution in [0.3, 0.4) is 0 Å². The summed E-state index contributed by atoms with van der Waals surface area (Å²) in [6.45, 7) is 0.499. The number of rotatable bonds is 3. The Morgan fingerprint density at radius 2 is 2.38 bits per heavy atom. The average Bonchev–Trinajstić information content (AvgIpc) is 2.71. The summed E-state index contributed by atoms with van der Waals surface area (Å²) in [7, 11) is 0. The van der Waals surface area contributed by atoms with Crippen LogP contribution in [0.5, 0.6) is 0 Å². The topological polar surface area (TPSA) is 53.4 Å². The van der Waals surface area contributed by atoms with Gasteiger partial charge in [0.2, 0.25) is 5.91 Å². The lowest BCUT2D eigenvalue weighted by molar-refractivity contribution is -0.117. The van der Waals surface area contributed by atoms with E-state index in [0.29, 0.717) is 30.4 Å². The maximum atomic E-state index is 11.7. The predicted molar refractivity (Wildman–Crippen MR) is 61.3 cm³/mol. The van der Waals surface area contributed by atoms with Gasteiger partial charge in [-0.1, -0.05) is 6.07 Å². The summed E-state index contributed by atoms with van der Waals surface area (Å²) in [5.74, 6) is 1.34. The standard InChI is InChI=1S/C11H13ClN2O2/c12-5-8-4-11(16)14(6-8)10-3-1-2-9(7-15)13-10/h1-3,8,15H,4-7H2. The molecule has 0 bridgehead atoms. The Hall–Kier alpha value is -1.13. The molecule has 16 heavy (non-hydrogen) atoms. The summed E-state index contributed by atoms with van der Waals surface area (Å²) in [6.07, 6.45) is 0.481. The van der Waals surface area contributed by atoms with E-state index in [0.717, 1.165) is 0 Å². The van der Waals surface area contributed by atoms with E-state index in [2.05, 4.69) is 4.98 Å². The minimum atomic E-state index is -0.116. The molecule has 0 aliphatic carbocycles. The molecule has 1 saturated heterocycles. The van der Waals surface area contributed by atoms with Crippen LogP contribution in [-0.4, -0.2) is 28.4 Å². The Kier molecular flexibility index (Phi) is 3.41. The lowest BCUT2D eigenvalue weighted by Gasteiger charge is -2.15. The van der Waals surface area contributed by atoms with Gasteiger partial charge >= 0.3 is 0 Å². The van der Waals surface area contributed by atoms with Crippen molar-refractivity contribution in [3.63, 3.8) is 0 Å². The molecule has 1 aliphatic heterocycles. The summed E-state index contributed by atoms with van der Waals surface area (Å²) in [5, 5.41) is 8.98. The van der Waals surface area contributed by atoms with E-state index in [9.17, 15) is 4.79 Å². The molecule has 2 rings (SSSR count). The van der Waals surface area contributed by atoms with Crippen molar-refractivity contribution in [3.05, 3.63) is 23.9 Å². The van der Waals surface area contributed by atoms with Crippen molar-refractivity contribution in [2.75, 3.05) is 17.3 Å². The smallest absolute Gasteiger partial charge is 0.228 e. The number of anilines is 1. The summed E-state index contributed by atoms with van der Waals surface area (Å²) in [6, 6.07) is 5.28. The maximum absolute atomic E-state index is 11.7. The highest BCUT2D eigenvalue weighted by Gasteiger charge is 2.30. The second kappa shape index (κ2) is 4.80. The number of hydrogen-bond donors (Lipinski definition) is 1. The number of aliphatic hydroxyl groups is 1.